The van der Waals surface area contributed by atoms with Gasteiger partial charge in [-0.25, -0.2) is 0 Å². The Bertz CT molecular complexity index is 584. The summed E-state index contributed by atoms with van der Waals surface area (Å²) in [5.74, 6) is 0.941. The first-order chi connectivity index (χ1) is 10.4. The Morgan fingerprint density at radius 3 is 3.05 bits per heavy atom. The van der Waals surface area contributed by atoms with E-state index in [0.29, 0.717) is 6.04 Å². The molecule has 1 saturated carbocycles. The molecule has 21 heavy (non-hydrogen) atoms. The second-order valence-electron chi connectivity index (χ2n) is 5.86. The fourth-order valence-corrected chi connectivity index (χ4v) is 3.10. The monoisotopic (exact) mass is 284 g/mol. The number of nitrogens with one attached hydrogen (secondary N) is 1. The molecule has 0 spiro atoms. The third kappa shape index (κ3) is 3.53. The van der Waals surface area contributed by atoms with E-state index in [1.807, 2.05) is 12.3 Å². The summed E-state index contributed by atoms with van der Waals surface area (Å²) in [4.78, 5) is 4.41. The van der Waals surface area contributed by atoms with Crippen LogP contribution in [0.4, 0.5) is 0 Å². The topological polar surface area (TPSA) is 34.1 Å². The molecule has 112 valence electrons. The van der Waals surface area contributed by atoms with Crippen LogP contribution in [0.2, 0.25) is 0 Å². The van der Waals surface area contributed by atoms with E-state index in [1.54, 1.807) is 0 Å². The quantitative estimate of drug-likeness (QED) is 0.903. The molecule has 3 nitrogen and oxygen atoms in total. The van der Waals surface area contributed by atoms with Crippen LogP contribution in [0.3, 0.4) is 0 Å². The minimum atomic E-state index is 0.284. The van der Waals surface area contributed by atoms with E-state index in [2.05, 4.69) is 41.5 Å². The molecule has 2 unspecified atom stereocenters. The van der Waals surface area contributed by atoms with Gasteiger partial charge in [0.15, 0.2) is 0 Å². The second-order valence-corrected chi connectivity index (χ2v) is 5.86. The molecule has 3 heteroatoms. The van der Waals surface area contributed by atoms with Crippen LogP contribution in [-0.4, -0.2) is 23.7 Å². The molecule has 1 fully saturated rings. The third-order valence-corrected chi connectivity index (χ3v) is 4.22. The highest BCUT2D eigenvalue weighted by Gasteiger charge is 2.26. The van der Waals surface area contributed by atoms with Gasteiger partial charge in [0.1, 0.15) is 11.9 Å². The number of fused-ring (bicyclic) bond motifs is 1. The van der Waals surface area contributed by atoms with Crippen molar-refractivity contribution in [3.63, 3.8) is 0 Å². The molecular weight excluding hydrogens is 260 g/mol. The summed E-state index contributed by atoms with van der Waals surface area (Å²) in [6, 6.07) is 10.7. The molecule has 1 heterocycles. The number of rotatable bonds is 5. The van der Waals surface area contributed by atoms with E-state index in [-0.39, 0.29) is 6.10 Å². The largest absolute Gasteiger partial charge is 0.489 e. The third-order valence-electron chi connectivity index (χ3n) is 4.22. The van der Waals surface area contributed by atoms with Crippen molar-refractivity contribution >= 4 is 10.9 Å². The Morgan fingerprint density at radius 1 is 1.24 bits per heavy atom. The summed E-state index contributed by atoms with van der Waals surface area (Å²) < 4.78 is 6.27. The van der Waals surface area contributed by atoms with Crippen molar-refractivity contribution in [3.05, 3.63) is 36.5 Å². The van der Waals surface area contributed by atoms with Crippen LogP contribution in [-0.2, 0) is 0 Å². The van der Waals surface area contributed by atoms with Crippen LogP contribution in [0.5, 0.6) is 5.75 Å². The molecule has 1 aromatic heterocycles. The first kappa shape index (κ1) is 14.3. The van der Waals surface area contributed by atoms with Crippen molar-refractivity contribution in [3.8, 4) is 5.75 Å². The maximum absolute atomic E-state index is 6.27. The molecule has 1 N–H and O–H groups in total. The number of ether oxygens (including phenoxy) is 1. The molecule has 1 aliphatic rings. The minimum absolute atomic E-state index is 0.284. The molecule has 0 bridgehead atoms. The van der Waals surface area contributed by atoms with Crippen molar-refractivity contribution in [2.75, 3.05) is 6.54 Å². The lowest BCUT2D eigenvalue weighted by Crippen LogP contribution is -2.45. The maximum atomic E-state index is 6.27. The molecule has 1 aromatic carbocycles. The lowest BCUT2D eigenvalue weighted by Gasteiger charge is -2.32. The smallest absolute Gasteiger partial charge is 0.122 e. The summed E-state index contributed by atoms with van der Waals surface area (Å²) >= 11 is 0. The van der Waals surface area contributed by atoms with Crippen molar-refractivity contribution in [1.82, 2.24) is 10.3 Å². The zero-order valence-electron chi connectivity index (χ0n) is 12.7. The lowest BCUT2D eigenvalue weighted by atomic mass is 9.92. The molecule has 0 aliphatic heterocycles. The van der Waals surface area contributed by atoms with Gasteiger partial charge in [0.05, 0.1) is 5.52 Å². The zero-order chi connectivity index (χ0) is 14.5. The van der Waals surface area contributed by atoms with Crippen molar-refractivity contribution in [2.24, 2.45) is 0 Å². The van der Waals surface area contributed by atoms with Gasteiger partial charge in [-0.1, -0.05) is 19.4 Å². The standard InChI is InChI=1S/C18H24N2O/c1-2-11-19-16-7-3-4-8-18(16)21-15-10-9-14-6-5-12-20-17(14)13-15/h5-6,9-10,12-13,16,18-19H,2-4,7-8,11H2,1H3. The van der Waals surface area contributed by atoms with Crippen LogP contribution in [0.1, 0.15) is 39.0 Å². The normalized spacial score (nSPS) is 22.3. The Labute approximate surface area is 126 Å². The van der Waals surface area contributed by atoms with Gasteiger partial charge in [-0.15, -0.1) is 0 Å². The van der Waals surface area contributed by atoms with Gasteiger partial charge in [0, 0.05) is 23.7 Å². The van der Waals surface area contributed by atoms with Gasteiger partial charge in [-0.2, -0.15) is 0 Å². The van der Waals surface area contributed by atoms with E-state index in [9.17, 15) is 0 Å². The van der Waals surface area contributed by atoms with Crippen molar-refractivity contribution in [2.45, 2.75) is 51.2 Å². The van der Waals surface area contributed by atoms with E-state index in [1.165, 1.54) is 25.7 Å². The average molecular weight is 284 g/mol. The van der Waals surface area contributed by atoms with Crippen LogP contribution >= 0.6 is 0 Å². The van der Waals surface area contributed by atoms with E-state index in [0.717, 1.165) is 29.6 Å². The van der Waals surface area contributed by atoms with Gasteiger partial charge >= 0.3 is 0 Å². The first-order valence-electron chi connectivity index (χ1n) is 8.11. The summed E-state index contributed by atoms with van der Waals surface area (Å²) in [6.45, 7) is 3.28. The minimum Gasteiger partial charge on any atom is -0.489 e. The maximum Gasteiger partial charge on any atom is 0.122 e. The summed E-state index contributed by atoms with van der Waals surface area (Å²) in [6.07, 6.45) is 8.22. The summed E-state index contributed by atoms with van der Waals surface area (Å²) in [7, 11) is 0. The lowest BCUT2D eigenvalue weighted by molar-refractivity contribution is 0.114. The van der Waals surface area contributed by atoms with Crippen LogP contribution in [0.25, 0.3) is 10.9 Å². The first-order valence-corrected chi connectivity index (χ1v) is 8.11. The average Bonchev–Trinajstić information content (AvgIpc) is 2.54. The number of aromatic nitrogens is 1. The fourth-order valence-electron chi connectivity index (χ4n) is 3.10. The highest BCUT2D eigenvalue weighted by Crippen LogP contribution is 2.26. The van der Waals surface area contributed by atoms with E-state index >= 15 is 0 Å². The van der Waals surface area contributed by atoms with Crippen molar-refractivity contribution < 1.29 is 4.74 Å². The van der Waals surface area contributed by atoms with Crippen LogP contribution in [0, 0.1) is 0 Å². The number of hydrogen-bond acceptors (Lipinski definition) is 3. The summed E-state index contributed by atoms with van der Waals surface area (Å²) in [5, 5.41) is 4.80. The molecule has 0 saturated heterocycles. The predicted octanol–water partition coefficient (Wildman–Crippen LogP) is 3.92. The number of nitrogens with zero attached hydrogens (tertiary/aromatic N) is 1. The molecule has 2 atom stereocenters. The fraction of sp³-hybridized carbons (Fsp3) is 0.500. The van der Waals surface area contributed by atoms with Crippen LogP contribution in [0.15, 0.2) is 36.5 Å². The molecule has 0 amide bonds. The SMILES string of the molecule is CCCNC1CCCCC1Oc1ccc2cccnc2c1. The number of pyridine rings is 1. The highest BCUT2D eigenvalue weighted by atomic mass is 16.5. The van der Waals surface area contributed by atoms with Gasteiger partial charge in [-0.3, -0.25) is 4.98 Å². The Morgan fingerprint density at radius 2 is 2.14 bits per heavy atom. The van der Waals surface area contributed by atoms with Gasteiger partial charge in [-0.05, 0) is 50.4 Å². The van der Waals surface area contributed by atoms with E-state index < -0.39 is 0 Å². The summed E-state index contributed by atoms with van der Waals surface area (Å²) in [5.41, 5.74) is 1.00. The molecule has 3 rings (SSSR count). The van der Waals surface area contributed by atoms with Gasteiger partial charge in [0.2, 0.25) is 0 Å². The molecule has 0 radical (unpaired) electrons. The second kappa shape index (κ2) is 6.90. The molecule has 1 aliphatic carbocycles. The molecule has 2 aromatic rings. The highest BCUT2D eigenvalue weighted by molar-refractivity contribution is 5.79. The van der Waals surface area contributed by atoms with Gasteiger partial charge < -0.3 is 10.1 Å². The van der Waals surface area contributed by atoms with Crippen LogP contribution < -0.4 is 10.1 Å². The predicted molar refractivity (Wildman–Crippen MR) is 86.7 cm³/mol. The van der Waals surface area contributed by atoms with Gasteiger partial charge in [0.25, 0.3) is 0 Å². The van der Waals surface area contributed by atoms with E-state index in [4.69, 9.17) is 4.74 Å². The zero-order valence-corrected chi connectivity index (χ0v) is 12.7. The Hall–Kier alpha value is -1.61. The van der Waals surface area contributed by atoms with Crippen molar-refractivity contribution in [1.29, 1.82) is 0 Å². The Balaban J connectivity index is 1.72. The number of benzene rings is 1. The number of hydrogen-bond donors (Lipinski definition) is 1. The molecular formula is C18H24N2O. The Kier molecular flexibility index (Phi) is 4.71.